The molecule has 3 aliphatic rings. The van der Waals surface area contributed by atoms with E-state index in [1.54, 1.807) is 17.0 Å². The second kappa shape index (κ2) is 7.64. The number of carbonyl (C=O) groups excluding carboxylic acids is 1. The van der Waals surface area contributed by atoms with E-state index in [9.17, 15) is 14.3 Å². The molecule has 7 heteroatoms. The first kappa shape index (κ1) is 20.5. The van der Waals surface area contributed by atoms with E-state index in [-0.39, 0.29) is 11.6 Å². The highest BCUT2D eigenvalue weighted by Gasteiger charge is 2.48. The van der Waals surface area contributed by atoms with E-state index in [1.807, 2.05) is 19.2 Å². The molecule has 2 aromatic carbocycles. The number of aliphatic hydroxyl groups is 1. The van der Waals surface area contributed by atoms with E-state index < -0.39 is 5.62 Å². The number of anilines is 2. The Balaban J connectivity index is 1.25. The van der Waals surface area contributed by atoms with E-state index in [2.05, 4.69) is 15.9 Å². The summed E-state index contributed by atoms with van der Waals surface area (Å²) in [6.45, 7) is 3.17. The molecule has 3 aliphatic heterocycles. The maximum absolute atomic E-state index is 13.1. The Labute approximate surface area is 183 Å². The average molecular weight is 419 g/mol. The Bertz CT molecular complexity index is 997. The predicted octanol–water partition coefficient (Wildman–Crippen LogP) is 2.73. The molecule has 2 radical (unpaired) electrons. The standard InChI is InChI=1S/C24H27BFN3O2/c1-27-21-5-2-4-18-19-14-28(12-3-6-22(30)16-7-9-17(26)10-8-16)13-11-20(19)29(23(18)21)15-24(27,25)31/h2,4-5,7-10,19-20,31H,3,6,11-15H2,1H3/t19-,20?,24?/m0/s1. The highest BCUT2D eigenvalue weighted by Crippen LogP contribution is 2.52. The number of hydrogen-bond donors (Lipinski definition) is 1. The van der Waals surface area contributed by atoms with Crippen molar-refractivity contribution in [1.29, 1.82) is 0 Å². The van der Waals surface area contributed by atoms with E-state index in [4.69, 9.17) is 7.85 Å². The number of nitrogens with zero attached hydrogens (tertiary/aromatic N) is 3. The van der Waals surface area contributed by atoms with Gasteiger partial charge in [-0.25, -0.2) is 4.39 Å². The van der Waals surface area contributed by atoms with Crippen molar-refractivity contribution in [3.8, 4) is 0 Å². The Morgan fingerprint density at radius 2 is 2.03 bits per heavy atom. The molecular weight excluding hydrogens is 392 g/mol. The number of fused-ring (bicyclic) bond motifs is 3. The normalized spacial score (nSPS) is 27.2. The number of halogens is 1. The largest absolute Gasteiger partial charge is 0.378 e. The van der Waals surface area contributed by atoms with Gasteiger partial charge in [-0.05, 0) is 55.3 Å². The molecule has 0 spiro atoms. The molecule has 0 bridgehead atoms. The number of hydrogen-bond acceptors (Lipinski definition) is 5. The molecule has 0 aliphatic carbocycles. The van der Waals surface area contributed by atoms with Gasteiger partial charge in [0.1, 0.15) is 19.3 Å². The molecule has 5 rings (SSSR count). The van der Waals surface area contributed by atoms with Gasteiger partial charge in [0.2, 0.25) is 0 Å². The van der Waals surface area contributed by atoms with Gasteiger partial charge in [-0.3, -0.25) is 4.79 Å². The minimum Gasteiger partial charge on any atom is -0.378 e. The first-order valence-electron chi connectivity index (χ1n) is 11.0. The smallest absolute Gasteiger partial charge is 0.162 e. The fraction of sp³-hybridized carbons (Fsp3) is 0.458. The van der Waals surface area contributed by atoms with Gasteiger partial charge in [0.15, 0.2) is 5.78 Å². The number of rotatable bonds is 5. The molecule has 1 fully saturated rings. The monoisotopic (exact) mass is 419 g/mol. The Hall–Kier alpha value is -2.38. The van der Waals surface area contributed by atoms with Crippen LogP contribution < -0.4 is 9.80 Å². The lowest BCUT2D eigenvalue weighted by Gasteiger charge is -2.48. The Kier molecular flexibility index (Phi) is 5.06. The van der Waals surface area contributed by atoms with Crippen LogP contribution in [-0.2, 0) is 0 Å². The summed E-state index contributed by atoms with van der Waals surface area (Å²) in [4.78, 5) is 18.9. The number of likely N-dealkylation sites (tertiary alicyclic amines) is 1. The molecular formula is C24H27BFN3O2. The molecule has 31 heavy (non-hydrogen) atoms. The first-order chi connectivity index (χ1) is 14.8. The van der Waals surface area contributed by atoms with Crippen molar-refractivity contribution in [2.24, 2.45) is 0 Å². The molecule has 2 aromatic rings. The maximum atomic E-state index is 13.1. The fourth-order valence-electron chi connectivity index (χ4n) is 5.49. The van der Waals surface area contributed by atoms with Crippen molar-refractivity contribution in [3.05, 3.63) is 59.4 Å². The molecule has 3 atom stereocenters. The molecule has 0 aromatic heterocycles. The number of benzene rings is 2. The van der Waals surface area contributed by atoms with Crippen molar-refractivity contribution in [3.63, 3.8) is 0 Å². The van der Waals surface area contributed by atoms with Crippen LogP contribution in [0.3, 0.4) is 0 Å². The number of ketones is 1. The molecule has 5 nitrogen and oxygen atoms in total. The van der Waals surface area contributed by atoms with Gasteiger partial charge in [-0.15, -0.1) is 0 Å². The quantitative estimate of drug-likeness (QED) is 0.597. The van der Waals surface area contributed by atoms with Crippen LogP contribution in [0.4, 0.5) is 15.8 Å². The van der Waals surface area contributed by atoms with Crippen LogP contribution >= 0.6 is 0 Å². The second-order valence-electron chi connectivity index (χ2n) is 9.08. The summed E-state index contributed by atoms with van der Waals surface area (Å²) in [5, 5.41) is 10.7. The number of Topliss-reactive ketones (excluding diaryl/α,β-unsaturated/α-hetero) is 1. The number of piperidine rings is 1. The molecule has 1 saturated heterocycles. The lowest BCUT2D eigenvalue weighted by atomic mass is 9.85. The van der Waals surface area contributed by atoms with Crippen LogP contribution in [0, 0.1) is 5.82 Å². The molecule has 2 unspecified atom stereocenters. The van der Waals surface area contributed by atoms with Gasteiger partial charge in [-0.1, -0.05) is 12.1 Å². The van der Waals surface area contributed by atoms with Crippen LogP contribution in [0.1, 0.15) is 41.1 Å². The third-order valence-corrected chi connectivity index (χ3v) is 7.18. The third kappa shape index (κ3) is 3.54. The maximum Gasteiger partial charge on any atom is 0.162 e. The highest BCUT2D eigenvalue weighted by atomic mass is 19.1. The van der Waals surface area contributed by atoms with Crippen molar-refractivity contribution < 1.29 is 14.3 Å². The summed E-state index contributed by atoms with van der Waals surface area (Å²) in [7, 11) is 8.05. The Morgan fingerprint density at radius 3 is 2.81 bits per heavy atom. The molecule has 3 heterocycles. The molecule has 0 saturated carbocycles. The van der Waals surface area contributed by atoms with Crippen molar-refractivity contribution in [2.45, 2.75) is 36.8 Å². The van der Waals surface area contributed by atoms with Gasteiger partial charge in [0, 0.05) is 44.1 Å². The first-order valence-corrected chi connectivity index (χ1v) is 11.0. The van der Waals surface area contributed by atoms with Crippen molar-refractivity contribution >= 4 is 25.0 Å². The Morgan fingerprint density at radius 1 is 1.26 bits per heavy atom. The fourth-order valence-corrected chi connectivity index (χ4v) is 5.49. The summed E-state index contributed by atoms with van der Waals surface area (Å²) in [5.74, 6) is 0.114. The summed E-state index contributed by atoms with van der Waals surface area (Å²) < 4.78 is 13.1. The van der Waals surface area contributed by atoms with Gasteiger partial charge in [0.05, 0.1) is 17.9 Å². The molecule has 160 valence electrons. The zero-order valence-corrected chi connectivity index (χ0v) is 17.8. The summed E-state index contributed by atoms with van der Waals surface area (Å²) >= 11 is 0. The summed E-state index contributed by atoms with van der Waals surface area (Å²) in [6.07, 6.45) is 2.26. The van der Waals surface area contributed by atoms with Crippen LogP contribution in [0.2, 0.25) is 0 Å². The highest BCUT2D eigenvalue weighted by molar-refractivity contribution is 6.17. The lowest BCUT2D eigenvalue weighted by molar-refractivity contribution is 0.0970. The average Bonchev–Trinajstić information content (AvgIpc) is 3.06. The van der Waals surface area contributed by atoms with Crippen LogP contribution in [0.25, 0.3) is 0 Å². The number of likely N-dealkylation sites (N-methyl/N-ethyl adjacent to an activating group) is 1. The summed E-state index contributed by atoms with van der Waals surface area (Å²) in [5.41, 5.74) is 2.73. The number of carbonyl (C=O) groups is 1. The summed E-state index contributed by atoms with van der Waals surface area (Å²) in [6, 6.07) is 12.4. The molecule has 1 N–H and O–H groups in total. The lowest BCUT2D eigenvalue weighted by Crippen LogP contribution is -2.61. The SMILES string of the molecule is [B]C1(O)CN2c3c(cccc3N1C)[C@@H]1CN(CCCC(=O)c3ccc(F)cc3)CCC12. The zero-order chi connectivity index (χ0) is 21.8. The van der Waals surface area contributed by atoms with Gasteiger partial charge < -0.3 is 19.8 Å². The second-order valence-corrected chi connectivity index (χ2v) is 9.08. The van der Waals surface area contributed by atoms with Crippen LogP contribution in [0.15, 0.2) is 42.5 Å². The van der Waals surface area contributed by atoms with Crippen molar-refractivity contribution in [2.75, 3.05) is 43.0 Å². The number of para-hydroxylation sites is 1. The van der Waals surface area contributed by atoms with Gasteiger partial charge in [-0.2, -0.15) is 0 Å². The van der Waals surface area contributed by atoms with Crippen LogP contribution in [-0.4, -0.2) is 68.5 Å². The van der Waals surface area contributed by atoms with Crippen molar-refractivity contribution in [1.82, 2.24) is 4.90 Å². The third-order valence-electron chi connectivity index (χ3n) is 7.18. The van der Waals surface area contributed by atoms with Crippen LogP contribution in [0.5, 0.6) is 0 Å². The topological polar surface area (TPSA) is 47.0 Å². The van der Waals surface area contributed by atoms with E-state index in [0.29, 0.717) is 30.5 Å². The predicted molar refractivity (Wildman–Crippen MR) is 120 cm³/mol. The zero-order valence-electron chi connectivity index (χ0n) is 17.8. The minimum atomic E-state index is -1.38. The van der Waals surface area contributed by atoms with E-state index in [0.717, 1.165) is 38.2 Å². The molecule has 0 amide bonds. The van der Waals surface area contributed by atoms with E-state index >= 15 is 0 Å². The van der Waals surface area contributed by atoms with Gasteiger partial charge in [0.25, 0.3) is 0 Å². The van der Waals surface area contributed by atoms with Gasteiger partial charge >= 0.3 is 0 Å². The minimum absolute atomic E-state index is 0.0630. The van der Waals surface area contributed by atoms with E-state index in [1.165, 1.54) is 23.4 Å².